The van der Waals surface area contributed by atoms with Crippen molar-refractivity contribution in [1.29, 1.82) is 0 Å². The summed E-state index contributed by atoms with van der Waals surface area (Å²) in [5, 5.41) is 21.3. The fourth-order valence-corrected chi connectivity index (χ4v) is 16.8. The van der Waals surface area contributed by atoms with Crippen molar-refractivity contribution in [3.63, 3.8) is 0 Å². The smallest absolute Gasteiger partial charge is 0.115 e. The van der Waals surface area contributed by atoms with Gasteiger partial charge in [-0.2, -0.15) is 0 Å². The van der Waals surface area contributed by atoms with Gasteiger partial charge in [0, 0.05) is 75.5 Å². The van der Waals surface area contributed by atoms with E-state index < -0.39 is 0 Å². The number of rotatable bonds is 17. The van der Waals surface area contributed by atoms with Crippen LogP contribution in [0.15, 0.2) is 473 Å². The Labute approximate surface area is 751 Å². The summed E-state index contributed by atoms with van der Waals surface area (Å²) >= 11 is 0. The first-order chi connectivity index (χ1) is 57.5. The van der Waals surface area contributed by atoms with Crippen LogP contribution in [-0.4, -0.2) is 10.2 Å². The molecule has 118 heavy (non-hydrogen) atoms. The van der Waals surface area contributed by atoms with Gasteiger partial charge in [-0.3, -0.25) is 0 Å². The number of aromatic hydroxyl groups is 2. The van der Waals surface area contributed by atoms with Gasteiger partial charge in [0.2, 0.25) is 0 Å². The fraction of sp³-hybridized carbons (Fsp3) is 0. The summed E-state index contributed by atoms with van der Waals surface area (Å²) in [7, 11) is 0. The van der Waals surface area contributed by atoms with Crippen LogP contribution in [0.4, 0.5) is 0 Å². The van der Waals surface area contributed by atoms with E-state index in [9.17, 15) is 10.2 Å². The van der Waals surface area contributed by atoms with Crippen LogP contribution in [0.2, 0.25) is 0 Å². The molecule has 564 valence electrons. The zero-order valence-electron chi connectivity index (χ0n) is 64.6. The van der Waals surface area contributed by atoms with Crippen molar-refractivity contribution in [2.45, 2.75) is 0 Å². The van der Waals surface area contributed by atoms with Crippen LogP contribution in [0, 0.1) is 75.5 Å². The molecule has 2 nitrogen and oxygen atoms in total. The van der Waals surface area contributed by atoms with Crippen LogP contribution in [0.1, 0.15) is 0 Å². The second kappa shape index (κ2) is 37.1. The Morgan fingerprint density at radius 2 is 0.220 bits per heavy atom. The molecule has 0 saturated heterocycles. The number of phenols is 2. The molecular weight excluding hydrogens is 1480 g/mol. The van der Waals surface area contributed by atoms with E-state index in [2.05, 4.69) is 437 Å². The molecule has 0 atom stereocenters. The van der Waals surface area contributed by atoms with Crippen molar-refractivity contribution < 1.29 is 85.7 Å². The van der Waals surface area contributed by atoms with Gasteiger partial charge in [-0.15, -0.1) is 0 Å². The quantitative estimate of drug-likeness (QED) is 0.0954. The van der Waals surface area contributed by atoms with E-state index in [1.807, 2.05) is 24.3 Å². The van der Waals surface area contributed by atoms with Crippen molar-refractivity contribution in [1.82, 2.24) is 0 Å². The molecule has 0 bridgehead atoms. The van der Waals surface area contributed by atoms with E-state index in [1.165, 1.54) is 27.8 Å². The van der Waals surface area contributed by atoms with Crippen LogP contribution >= 0.6 is 0 Å². The molecule has 19 rings (SSSR count). The van der Waals surface area contributed by atoms with Crippen LogP contribution in [0.25, 0.3) is 189 Å². The normalized spacial score (nSPS) is 10.8. The minimum atomic E-state index is 0. The third kappa shape index (κ3) is 16.6. The molecule has 19 aromatic carbocycles. The number of hydrogen-bond donors (Lipinski definition) is 2. The summed E-state index contributed by atoms with van der Waals surface area (Å²) in [5.74, 6) is 0.468. The molecule has 0 unspecified atom stereocenters. The van der Waals surface area contributed by atoms with Crippen molar-refractivity contribution in [3.05, 3.63) is 473 Å². The second-order valence-corrected chi connectivity index (χ2v) is 29.1. The summed E-state index contributed by atoms with van der Waals surface area (Å²) < 4.78 is 0. The van der Waals surface area contributed by atoms with Gasteiger partial charge in [0.15, 0.2) is 0 Å². The zero-order valence-corrected chi connectivity index (χ0v) is 66.0. The average Bonchev–Trinajstić information content (AvgIpc) is 0.718. The molecule has 0 amide bonds. The summed E-state index contributed by atoms with van der Waals surface area (Å²) in [4.78, 5) is 0. The first-order valence-electron chi connectivity index (χ1n) is 39.6. The molecule has 0 aliphatic heterocycles. The average molecular weight is 1560 g/mol. The van der Waals surface area contributed by atoms with E-state index in [-0.39, 0.29) is 87.0 Å². The van der Waals surface area contributed by atoms with Crippen molar-refractivity contribution in [3.8, 4) is 201 Å². The standard InChI is InChI=1S/C60H42O.C54H38O.2Ar/c61-51-38-36-49(37-39-51)59-56(46-30-16-5-17-31-46)55(45-28-14-4-15-29-45)57(47-32-18-6-19-33-47)60(58(59)48-34-20-7-21-35-48)50-40-52(42-22-8-1-9-23-42)54(44-26-12-3-13-27-44)53(41-50)43-24-10-2-11-25-43;55-48-36-34-47(35-37-48)54-51(44-22-12-4-13-23-44)49(42-18-8-2-9-19-42)50(43-20-10-3-11-21-43)53(52(54)45-24-14-5-15-25-45)46-32-30-41(31-33-46)40-28-26-39(27-29-40)38-16-6-1-7-17-38;;/h1-41,61H;1-37,55H;;. The maximum absolute atomic E-state index is 10.7. The van der Waals surface area contributed by atoms with E-state index in [4.69, 9.17) is 0 Å². The van der Waals surface area contributed by atoms with Crippen molar-refractivity contribution >= 4 is 0 Å². The molecule has 4 heteroatoms. The van der Waals surface area contributed by atoms with Crippen LogP contribution in [0.3, 0.4) is 0 Å². The Kier molecular flexibility index (Phi) is 24.9. The Hall–Kier alpha value is -12.7. The topological polar surface area (TPSA) is 40.5 Å². The zero-order chi connectivity index (χ0) is 77.9. The Balaban J connectivity index is 0.000000174. The molecule has 0 heterocycles. The van der Waals surface area contributed by atoms with Crippen LogP contribution < -0.4 is 0 Å². The molecule has 0 aliphatic rings. The molecule has 0 aromatic heterocycles. The van der Waals surface area contributed by atoms with E-state index in [0.29, 0.717) is 0 Å². The number of benzene rings is 19. The van der Waals surface area contributed by atoms with Gasteiger partial charge in [0.1, 0.15) is 11.5 Å². The van der Waals surface area contributed by atoms with Crippen molar-refractivity contribution in [2.24, 2.45) is 0 Å². The van der Waals surface area contributed by atoms with Crippen LogP contribution in [-0.2, 0) is 0 Å². The SMILES string of the molecule is Oc1ccc(-c2c(-c3ccccc3)c(-c3ccccc3)c(-c3ccccc3)c(-c3cc(-c4ccccc4)c(-c4ccccc4)c(-c4ccccc4)c3)c2-c2ccccc2)cc1.Oc1ccc(-c2c(-c3ccccc3)c(-c3ccccc3)c(-c3ccccc3)c(-c3ccc(-c4ccc(-c5ccccc5)cc4)cc3)c2-c2ccccc2)cc1.[Ar].[Ar]. The van der Waals surface area contributed by atoms with Gasteiger partial charge in [0.05, 0.1) is 0 Å². The second-order valence-electron chi connectivity index (χ2n) is 29.1. The predicted molar refractivity (Wildman–Crippen MR) is 489 cm³/mol. The fourth-order valence-electron chi connectivity index (χ4n) is 16.8. The predicted octanol–water partition coefficient (Wildman–Crippen LogP) is 31.1. The van der Waals surface area contributed by atoms with E-state index >= 15 is 0 Å². The minimum Gasteiger partial charge on any atom is -0.508 e. The largest absolute Gasteiger partial charge is 0.508 e. The minimum absolute atomic E-state index is 0. The van der Waals surface area contributed by atoms with Gasteiger partial charge >= 0.3 is 0 Å². The van der Waals surface area contributed by atoms with Gasteiger partial charge in [-0.25, -0.2) is 0 Å². The third-order valence-electron chi connectivity index (χ3n) is 22.0. The summed E-state index contributed by atoms with van der Waals surface area (Å²) in [6.07, 6.45) is 0. The molecule has 2 N–H and O–H groups in total. The van der Waals surface area contributed by atoms with Crippen molar-refractivity contribution in [2.75, 3.05) is 0 Å². The third-order valence-corrected chi connectivity index (χ3v) is 22.0. The van der Waals surface area contributed by atoms with Gasteiger partial charge < -0.3 is 10.2 Å². The molecule has 0 aliphatic carbocycles. The number of hydrogen-bond acceptors (Lipinski definition) is 2. The Morgan fingerprint density at radius 3 is 0.407 bits per heavy atom. The molecule has 0 spiro atoms. The maximum atomic E-state index is 10.7. The molecule has 0 fully saturated rings. The number of phenolic OH excluding ortho intramolecular Hbond substituents is 2. The first kappa shape index (κ1) is 79.2. The summed E-state index contributed by atoms with van der Waals surface area (Å²) in [5.41, 5.74) is 38.6. The molecular formula is C114H80Ar2O2. The van der Waals surface area contributed by atoms with Gasteiger partial charge in [-0.1, -0.05) is 437 Å². The Morgan fingerprint density at radius 1 is 0.102 bits per heavy atom. The van der Waals surface area contributed by atoms with E-state index in [1.54, 1.807) is 12.1 Å². The van der Waals surface area contributed by atoms with Gasteiger partial charge in [-0.05, 0) is 226 Å². The summed E-state index contributed by atoms with van der Waals surface area (Å²) in [6, 6.07) is 168. The monoisotopic (exact) mass is 1560 g/mol. The van der Waals surface area contributed by atoms with Gasteiger partial charge in [0.25, 0.3) is 0 Å². The first-order valence-corrected chi connectivity index (χ1v) is 39.6. The maximum Gasteiger partial charge on any atom is 0.115 e. The van der Waals surface area contributed by atoms with E-state index in [0.717, 1.165) is 161 Å². The Bertz CT molecular complexity index is 6490. The molecule has 0 radical (unpaired) electrons. The summed E-state index contributed by atoms with van der Waals surface area (Å²) in [6.45, 7) is 0. The van der Waals surface area contributed by atoms with Crippen LogP contribution in [0.5, 0.6) is 11.5 Å². The molecule has 0 saturated carbocycles. The molecule has 19 aromatic rings.